The van der Waals surface area contributed by atoms with E-state index in [-0.39, 0.29) is 16.5 Å². The lowest BCUT2D eigenvalue weighted by atomic mass is 10.1. The smallest absolute Gasteiger partial charge is 0.275 e. The molecule has 1 heterocycles. The second-order valence-electron chi connectivity index (χ2n) is 4.16. The normalized spacial score (nSPS) is 9.85. The second-order valence-corrected chi connectivity index (χ2v) is 4.57. The van der Waals surface area contributed by atoms with Crippen molar-refractivity contribution in [1.82, 2.24) is 4.98 Å². The van der Waals surface area contributed by atoms with Crippen molar-refractivity contribution in [2.24, 2.45) is 0 Å². The molecule has 0 aliphatic carbocycles. The fourth-order valence-electron chi connectivity index (χ4n) is 1.62. The van der Waals surface area contributed by atoms with E-state index in [0.29, 0.717) is 11.3 Å². The van der Waals surface area contributed by atoms with Gasteiger partial charge in [-0.15, -0.1) is 0 Å². The molecule has 0 atom stereocenters. The molecule has 3 N–H and O–H groups in total. The Hall–Kier alpha value is -2.58. The maximum absolute atomic E-state index is 12.1. The third-order valence-electron chi connectivity index (χ3n) is 2.70. The van der Waals surface area contributed by atoms with Crippen LogP contribution in [0.25, 0.3) is 0 Å². The van der Waals surface area contributed by atoms with E-state index in [0.717, 1.165) is 5.56 Å². The van der Waals surface area contributed by atoms with Gasteiger partial charge in [-0.1, -0.05) is 17.7 Å². The molecule has 0 unspecified atom stereocenters. The van der Waals surface area contributed by atoms with E-state index in [2.05, 4.69) is 10.3 Å². The molecule has 0 spiro atoms. The third-order valence-corrected chi connectivity index (χ3v) is 3.00. The standard InChI is InChI=1S/C14H11ClN4O/c1-8-2-3-9(7-16)6-11(8)18-14(20)13-10(15)4-5-12(17)19-13/h2-6H,1H3,(H2,17,19)(H,18,20). The number of anilines is 2. The molecule has 20 heavy (non-hydrogen) atoms. The van der Waals surface area contributed by atoms with Crippen LogP contribution < -0.4 is 11.1 Å². The predicted octanol–water partition coefficient (Wildman–Crippen LogP) is 2.75. The number of nitriles is 1. The number of nitrogens with two attached hydrogens (primary N) is 1. The van der Waals surface area contributed by atoms with Crippen molar-refractivity contribution in [1.29, 1.82) is 5.26 Å². The third kappa shape index (κ3) is 2.87. The van der Waals surface area contributed by atoms with Gasteiger partial charge >= 0.3 is 0 Å². The Labute approximate surface area is 121 Å². The minimum atomic E-state index is -0.472. The average molecular weight is 287 g/mol. The summed E-state index contributed by atoms with van der Waals surface area (Å²) in [6, 6.07) is 10.1. The molecule has 2 rings (SSSR count). The van der Waals surface area contributed by atoms with Crippen molar-refractivity contribution in [2.75, 3.05) is 11.1 Å². The summed E-state index contributed by atoms with van der Waals surface area (Å²) in [6.07, 6.45) is 0. The molecule has 1 amide bonds. The van der Waals surface area contributed by atoms with Crippen LogP contribution in [0.15, 0.2) is 30.3 Å². The summed E-state index contributed by atoms with van der Waals surface area (Å²) < 4.78 is 0. The van der Waals surface area contributed by atoms with E-state index in [4.69, 9.17) is 22.6 Å². The summed E-state index contributed by atoms with van der Waals surface area (Å²) in [5.74, 6) is -0.262. The number of pyridine rings is 1. The van der Waals surface area contributed by atoms with Crippen LogP contribution in [-0.4, -0.2) is 10.9 Å². The number of nitrogen functional groups attached to an aromatic ring is 1. The van der Waals surface area contributed by atoms with Gasteiger partial charge in [-0.3, -0.25) is 4.79 Å². The van der Waals surface area contributed by atoms with E-state index in [1.54, 1.807) is 18.2 Å². The molecule has 100 valence electrons. The number of aryl methyl sites for hydroxylation is 1. The van der Waals surface area contributed by atoms with E-state index >= 15 is 0 Å². The largest absolute Gasteiger partial charge is 0.384 e. The molecule has 0 aliphatic heterocycles. The summed E-state index contributed by atoms with van der Waals surface area (Å²) in [6.45, 7) is 1.82. The Morgan fingerprint density at radius 3 is 2.85 bits per heavy atom. The molecule has 0 saturated carbocycles. The van der Waals surface area contributed by atoms with Crippen LogP contribution in [-0.2, 0) is 0 Å². The highest BCUT2D eigenvalue weighted by atomic mass is 35.5. The highest BCUT2D eigenvalue weighted by Gasteiger charge is 2.14. The molecule has 5 nitrogen and oxygen atoms in total. The lowest BCUT2D eigenvalue weighted by molar-refractivity contribution is 0.102. The van der Waals surface area contributed by atoms with Crippen molar-refractivity contribution in [3.63, 3.8) is 0 Å². The number of nitrogens with zero attached hydrogens (tertiary/aromatic N) is 2. The Kier molecular flexibility index (Phi) is 3.87. The number of carbonyl (C=O) groups is 1. The number of carbonyl (C=O) groups excluding carboxylic acids is 1. The Balaban J connectivity index is 2.33. The SMILES string of the molecule is Cc1ccc(C#N)cc1NC(=O)c1nc(N)ccc1Cl. The summed E-state index contributed by atoms with van der Waals surface area (Å²) in [4.78, 5) is 16.1. The predicted molar refractivity (Wildman–Crippen MR) is 77.5 cm³/mol. The average Bonchev–Trinajstić information content (AvgIpc) is 2.43. The van der Waals surface area contributed by atoms with E-state index < -0.39 is 5.91 Å². The zero-order chi connectivity index (χ0) is 14.7. The van der Waals surface area contributed by atoms with Gasteiger partial charge < -0.3 is 11.1 Å². The molecule has 1 aromatic carbocycles. The molecule has 6 heteroatoms. The molecule has 2 aromatic rings. The monoisotopic (exact) mass is 286 g/mol. The van der Waals surface area contributed by atoms with E-state index in [9.17, 15) is 4.79 Å². The van der Waals surface area contributed by atoms with Crippen molar-refractivity contribution >= 4 is 29.0 Å². The van der Waals surface area contributed by atoms with Gasteiger partial charge in [-0.25, -0.2) is 4.98 Å². The van der Waals surface area contributed by atoms with Gasteiger partial charge in [-0.05, 0) is 36.8 Å². The van der Waals surface area contributed by atoms with Crippen molar-refractivity contribution in [3.8, 4) is 6.07 Å². The van der Waals surface area contributed by atoms with Gasteiger partial charge in [0.1, 0.15) is 11.5 Å². The summed E-state index contributed by atoms with van der Waals surface area (Å²) in [5, 5.41) is 11.8. The molecule has 0 saturated heterocycles. The van der Waals surface area contributed by atoms with Crippen LogP contribution in [0.5, 0.6) is 0 Å². The highest BCUT2D eigenvalue weighted by Crippen LogP contribution is 2.20. The first-order valence-electron chi connectivity index (χ1n) is 5.75. The van der Waals surface area contributed by atoms with Gasteiger partial charge in [0.15, 0.2) is 0 Å². The van der Waals surface area contributed by atoms with E-state index in [1.807, 2.05) is 13.0 Å². The first-order chi connectivity index (χ1) is 9.51. The number of amides is 1. The van der Waals surface area contributed by atoms with Crippen LogP contribution in [0, 0.1) is 18.3 Å². The first kappa shape index (κ1) is 13.8. The Bertz CT molecular complexity index is 722. The van der Waals surface area contributed by atoms with Crippen LogP contribution in [0.1, 0.15) is 21.6 Å². The number of nitrogens with one attached hydrogen (secondary N) is 1. The van der Waals surface area contributed by atoms with Crippen molar-refractivity contribution in [2.45, 2.75) is 6.92 Å². The van der Waals surface area contributed by atoms with Gasteiger partial charge in [0.2, 0.25) is 0 Å². The molecule has 0 aliphatic rings. The Morgan fingerprint density at radius 1 is 1.40 bits per heavy atom. The number of hydrogen-bond acceptors (Lipinski definition) is 4. The van der Waals surface area contributed by atoms with Crippen LogP contribution in [0.4, 0.5) is 11.5 Å². The highest BCUT2D eigenvalue weighted by molar-refractivity contribution is 6.34. The van der Waals surface area contributed by atoms with E-state index in [1.165, 1.54) is 12.1 Å². The minimum Gasteiger partial charge on any atom is -0.384 e. The lowest BCUT2D eigenvalue weighted by Gasteiger charge is -2.09. The lowest BCUT2D eigenvalue weighted by Crippen LogP contribution is -2.16. The number of rotatable bonds is 2. The van der Waals surface area contributed by atoms with Crippen molar-refractivity contribution in [3.05, 3.63) is 52.2 Å². The maximum atomic E-state index is 12.1. The fourth-order valence-corrected chi connectivity index (χ4v) is 1.82. The zero-order valence-electron chi connectivity index (χ0n) is 10.6. The van der Waals surface area contributed by atoms with Crippen LogP contribution in [0.2, 0.25) is 5.02 Å². The molecule has 0 radical (unpaired) electrons. The zero-order valence-corrected chi connectivity index (χ0v) is 11.4. The number of benzene rings is 1. The van der Waals surface area contributed by atoms with Gasteiger partial charge in [0, 0.05) is 5.69 Å². The molecule has 0 fully saturated rings. The summed E-state index contributed by atoms with van der Waals surface area (Å²) in [7, 11) is 0. The van der Waals surface area contributed by atoms with Crippen molar-refractivity contribution < 1.29 is 4.79 Å². The molecule has 1 aromatic heterocycles. The summed E-state index contributed by atoms with van der Waals surface area (Å²) >= 11 is 5.92. The molecular formula is C14H11ClN4O. The number of halogens is 1. The summed E-state index contributed by atoms with van der Waals surface area (Å²) in [5.41, 5.74) is 7.41. The van der Waals surface area contributed by atoms with Crippen LogP contribution >= 0.6 is 11.6 Å². The Morgan fingerprint density at radius 2 is 2.15 bits per heavy atom. The van der Waals surface area contributed by atoms with Gasteiger partial charge in [0.05, 0.1) is 16.7 Å². The van der Waals surface area contributed by atoms with Gasteiger partial charge in [0.25, 0.3) is 5.91 Å². The van der Waals surface area contributed by atoms with Gasteiger partial charge in [-0.2, -0.15) is 5.26 Å². The second kappa shape index (κ2) is 5.59. The molecule has 0 bridgehead atoms. The fraction of sp³-hybridized carbons (Fsp3) is 0.0714. The topological polar surface area (TPSA) is 91.8 Å². The number of aromatic nitrogens is 1. The maximum Gasteiger partial charge on any atom is 0.275 e. The minimum absolute atomic E-state index is 0.0495. The quantitative estimate of drug-likeness (QED) is 0.888. The molecular weight excluding hydrogens is 276 g/mol. The first-order valence-corrected chi connectivity index (χ1v) is 6.13. The van der Waals surface area contributed by atoms with Crippen LogP contribution in [0.3, 0.4) is 0 Å². The number of hydrogen-bond donors (Lipinski definition) is 2.